The van der Waals surface area contributed by atoms with Crippen molar-refractivity contribution in [2.45, 2.75) is 19.4 Å². The van der Waals surface area contributed by atoms with Gasteiger partial charge in [-0.15, -0.1) is 0 Å². The standard InChI is InChI=1S/C13H16ClNO2/c1-13(2)9-17-8-7-15(13)12(16)10-3-5-11(14)6-4-10/h3-6H,7-9H2,1-2H3. The molecule has 1 aliphatic rings. The highest BCUT2D eigenvalue weighted by atomic mass is 35.5. The van der Waals surface area contributed by atoms with Gasteiger partial charge >= 0.3 is 0 Å². The van der Waals surface area contributed by atoms with Gasteiger partial charge in [0.25, 0.3) is 5.91 Å². The first kappa shape index (κ1) is 12.4. The van der Waals surface area contributed by atoms with Crippen molar-refractivity contribution in [3.63, 3.8) is 0 Å². The van der Waals surface area contributed by atoms with Gasteiger partial charge in [-0.1, -0.05) is 11.6 Å². The Balaban J connectivity index is 2.21. The number of morpholine rings is 1. The van der Waals surface area contributed by atoms with Crippen LogP contribution in [-0.4, -0.2) is 36.1 Å². The second-order valence-electron chi connectivity index (χ2n) is 4.83. The summed E-state index contributed by atoms with van der Waals surface area (Å²) in [6, 6.07) is 7.00. The molecule has 0 bridgehead atoms. The summed E-state index contributed by atoms with van der Waals surface area (Å²) in [5.41, 5.74) is 0.416. The Morgan fingerprint density at radius 2 is 2.00 bits per heavy atom. The molecule has 0 unspecified atom stereocenters. The molecule has 1 aliphatic heterocycles. The van der Waals surface area contributed by atoms with Crippen molar-refractivity contribution >= 4 is 17.5 Å². The summed E-state index contributed by atoms with van der Waals surface area (Å²) in [6.07, 6.45) is 0. The number of benzene rings is 1. The summed E-state index contributed by atoms with van der Waals surface area (Å²) in [7, 11) is 0. The van der Waals surface area contributed by atoms with Gasteiger partial charge in [-0.05, 0) is 38.1 Å². The number of rotatable bonds is 1. The van der Waals surface area contributed by atoms with Gasteiger partial charge in [-0.25, -0.2) is 0 Å². The molecule has 17 heavy (non-hydrogen) atoms. The van der Waals surface area contributed by atoms with Gasteiger partial charge < -0.3 is 9.64 Å². The zero-order valence-corrected chi connectivity index (χ0v) is 10.8. The smallest absolute Gasteiger partial charge is 0.254 e. The zero-order valence-electron chi connectivity index (χ0n) is 10.1. The van der Waals surface area contributed by atoms with Gasteiger partial charge in [0.15, 0.2) is 0 Å². The Hall–Kier alpha value is -1.06. The third-order valence-corrected chi connectivity index (χ3v) is 3.23. The van der Waals surface area contributed by atoms with E-state index in [1.807, 2.05) is 18.7 Å². The average molecular weight is 254 g/mol. The summed E-state index contributed by atoms with van der Waals surface area (Å²) < 4.78 is 5.41. The molecular weight excluding hydrogens is 238 g/mol. The number of amides is 1. The quantitative estimate of drug-likeness (QED) is 0.770. The minimum atomic E-state index is -0.255. The van der Waals surface area contributed by atoms with E-state index in [0.29, 0.717) is 30.3 Å². The number of hydrogen-bond donors (Lipinski definition) is 0. The molecule has 0 atom stereocenters. The van der Waals surface area contributed by atoms with Crippen LogP contribution in [0, 0.1) is 0 Å². The number of nitrogens with zero attached hydrogens (tertiary/aromatic N) is 1. The largest absolute Gasteiger partial charge is 0.377 e. The van der Waals surface area contributed by atoms with Gasteiger partial charge in [0.1, 0.15) is 0 Å². The van der Waals surface area contributed by atoms with Crippen molar-refractivity contribution < 1.29 is 9.53 Å². The molecule has 0 N–H and O–H groups in total. The van der Waals surface area contributed by atoms with Crippen LogP contribution in [-0.2, 0) is 4.74 Å². The van der Waals surface area contributed by atoms with E-state index in [4.69, 9.17) is 16.3 Å². The molecular formula is C13H16ClNO2. The van der Waals surface area contributed by atoms with Crippen LogP contribution in [0.15, 0.2) is 24.3 Å². The lowest BCUT2D eigenvalue weighted by Gasteiger charge is -2.42. The fourth-order valence-corrected chi connectivity index (χ4v) is 2.11. The summed E-state index contributed by atoms with van der Waals surface area (Å²) in [5, 5.41) is 0.641. The molecule has 1 heterocycles. The lowest BCUT2D eigenvalue weighted by molar-refractivity contribution is -0.0370. The molecule has 4 heteroatoms. The fourth-order valence-electron chi connectivity index (χ4n) is 1.98. The molecule has 1 aromatic rings. The number of carbonyl (C=O) groups is 1. The lowest BCUT2D eigenvalue weighted by Crippen LogP contribution is -2.55. The topological polar surface area (TPSA) is 29.5 Å². The number of halogens is 1. The molecule has 1 fully saturated rings. The highest BCUT2D eigenvalue weighted by molar-refractivity contribution is 6.30. The van der Waals surface area contributed by atoms with Gasteiger partial charge in [0.05, 0.1) is 18.8 Å². The zero-order chi connectivity index (χ0) is 12.5. The average Bonchev–Trinajstić information content (AvgIpc) is 2.28. The summed E-state index contributed by atoms with van der Waals surface area (Å²) in [6.45, 7) is 5.84. The maximum atomic E-state index is 12.4. The van der Waals surface area contributed by atoms with Crippen LogP contribution in [0.25, 0.3) is 0 Å². The molecule has 0 saturated carbocycles. The van der Waals surface area contributed by atoms with Gasteiger partial charge in [-0.2, -0.15) is 0 Å². The molecule has 0 aromatic heterocycles. The Morgan fingerprint density at radius 1 is 1.35 bits per heavy atom. The van der Waals surface area contributed by atoms with Crippen LogP contribution in [0.1, 0.15) is 24.2 Å². The third-order valence-electron chi connectivity index (χ3n) is 2.98. The van der Waals surface area contributed by atoms with Crippen molar-refractivity contribution in [3.8, 4) is 0 Å². The molecule has 1 saturated heterocycles. The molecule has 1 amide bonds. The van der Waals surface area contributed by atoms with Gasteiger partial charge in [0.2, 0.25) is 0 Å². The van der Waals surface area contributed by atoms with E-state index in [1.165, 1.54) is 0 Å². The highest BCUT2D eigenvalue weighted by Crippen LogP contribution is 2.22. The maximum Gasteiger partial charge on any atom is 0.254 e. The van der Waals surface area contributed by atoms with Crippen molar-refractivity contribution in [1.29, 1.82) is 0 Å². The minimum Gasteiger partial charge on any atom is -0.377 e. The number of carbonyl (C=O) groups excluding carboxylic acids is 1. The maximum absolute atomic E-state index is 12.4. The number of ether oxygens (including phenoxy) is 1. The van der Waals surface area contributed by atoms with Crippen LogP contribution < -0.4 is 0 Å². The number of hydrogen-bond acceptors (Lipinski definition) is 2. The first-order chi connectivity index (χ1) is 8.00. The van der Waals surface area contributed by atoms with Crippen LogP contribution >= 0.6 is 11.6 Å². The predicted octanol–water partition coefficient (Wildman–Crippen LogP) is 2.59. The normalized spacial score (nSPS) is 19.1. The Labute approximate surface area is 106 Å². The third kappa shape index (κ3) is 2.61. The van der Waals surface area contributed by atoms with Crippen LogP contribution in [0.4, 0.5) is 0 Å². The van der Waals surface area contributed by atoms with Crippen molar-refractivity contribution in [1.82, 2.24) is 4.90 Å². The second-order valence-corrected chi connectivity index (χ2v) is 5.27. The first-order valence-electron chi connectivity index (χ1n) is 5.66. The Kier molecular flexibility index (Phi) is 3.40. The van der Waals surface area contributed by atoms with E-state index in [1.54, 1.807) is 24.3 Å². The molecule has 3 nitrogen and oxygen atoms in total. The van der Waals surface area contributed by atoms with Crippen LogP contribution in [0.2, 0.25) is 5.02 Å². The summed E-state index contributed by atoms with van der Waals surface area (Å²) >= 11 is 5.81. The first-order valence-corrected chi connectivity index (χ1v) is 6.04. The highest BCUT2D eigenvalue weighted by Gasteiger charge is 2.34. The van der Waals surface area contributed by atoms with Gasteiger partial charge in [0, 0.05) is 17.1 Å². The Morgan fingerprint density at radius 3 is 2.59 bits per heavy atom. The van der Waals surface area contributed by atoms with Crippen molar-refractivity contribution in [2.24, 2.45) is 0 Å². The summed E-state index contributed by atoms with van der Waals surface area (Å²) in [4.78, 5) is 14.2. The van der Waals surface area contributed by atoms with Crippen molar-refractivity contribution in [2.75, 3.05) is 19.8 Å². The van der Waals surface area contributed by atoms with E-state index in [2.05, 4.69) is 0 Å². The predicted molar refractivity (Wildman–Crippen MR) is 67.4 cm³/mol. The Bertz CT molecular complexity index is 414. The van der Waals surface area contributed by atoms with Crippen LogP contribution in [0.3, 0.4) is 0 Å². The molecule has 0 radical (unpaired) electrons. The molecule has 2 rings (SSSR count). The fraction of sp³-hybridized carbons (Fsp3) is 0.462. The van der Waals surface area contributed by atoms with Gasteiger partial charge in [-0.3, -0.25) is 4.79 Å². The molecule has 92 valence electrons. The second kappa shape index (κ2) is 4.67. The van der Waals surface area contributed by atoms with Crippen molar-refractivity contribution in [3.05, 3.63) is 34.9 Å². The summed E-state index contributed by atoms with van der Waals surface area (Å²) in [5.74, 6) is 0.0370. The molecule has 0 spiro atoms. The minimum absolute atomic E-state index is 0.0370. The molecule has 1 aromatic carbocycles. The monoisotopic (exact) mass is 253 g/mol. The molecule has 0 aliphatic carbocycles. The van der Waals surface area contributed by atoms with E-state index in [0.717, 1.165) is 0 Å². The van der Waals surface area contributed by atoms with Crippen LogP contribution in [0.5, 0.6) is 0 Å². The van der Waals surface area contributed by atoms with E-state index in [9.17, 15) is 4.79 Å². The van der Waals surface area contributed by atoms with E-state index < -0.39 is 0 Å². The SMILES string of the molecule is CC1(C)COCCN1C(=O)c1ccc(Cl)cc1. The van der Waals surface area contributed by atoms with E-state index >= 15 is 0 Å². The lowest BCUT2D eigenvalue weighted by atomic mass is 10.0. The van der Waals surface area contributed by atoms with E-state index in [-0.39, 0.29) is 11.4 Å².